The smallest absolute Gasteiger partial charge is 0.307 e. The number of hydrogen-bond acceptors (Lipinski definition) is 9. The quantitative estimate of drug-likeness (QED) is 0.358. The maximum absolute atomic E-state index is 13.1. The lowest BCUT2D eigenvalue weighted by Crippen LogP contribution is -2.43. The van der Waals surface area contributed by atoms with Crippen LogP contribution in [0.5, 0.6) is 5.88 Å². The Balaban J connectivity index is 1.30. The van der Waals surface area contributed by atoms with Crippen LogP contribution in [0.3, 0.4) is 0 Å². The van der Waals surface area contributed by atoms with Crippen LogP contribution in [0, 0.1) is 25.7 Å². The highest BCUT2D eigenvalue weighted by Crippen LogP contribution is 2.40. The standard InChI is InChI=1S/C26H28F2N6O5/c1-13-18(31-24(35)16-5-3-4-6-17(16)25(36)37)7-8-19(30-13)23-22(14(2)34-39-23)33-20-11-29-12-21(32-20)38-15-9-26(27,28)10-15/h7-8,11-12,15-17H,3-6,9-10H2,1-2H3,(H,31,35)(H,32,33)(H,36,37)/t16-,17-/m0/s1. The molecule has 0 aromatic carbocycles. The fraction of sp³-hybridized carbons (Fsp3) is 0.462. The predicted molar refractivity (Wildman–Crippen MR) is 135 cm³/mol. The number of halogens is 2. The lowest BCUT2D eigenvalue weighted by atomic mass is 9.78. The van der Waals surface area contributed by atoms with E-state index in [9.17, 15) is 23.5 Å². The number of aliphatic carboxylic acids is 1. The largest absolute Gasteiger partial charge is 0.481 e. The van der Waals surface area contributed by atoms with Gasteiger partial charge in [0.05, 0.1) is 35.6 Å². The molecule has 0 unspecified atom stereocenters. The number of carbonyl (C=O) groups is 2. The van der Waals surface area contributed by atoms with Gasteiger partial charge in [0.2, 0.25) is 17.5 Å². The lowest BCUT2D eigenvalue weighted by molar-refractivity contribution is -0.147. The van der Waals surface area contributed by atoms with Crippen LogP contribution in [0.2, 0.25) is 0 Å². The number of anilines is 3. The third kappa shape index (κ3) is 5.81. The van der Waals surface area contributed by atoms with Gasteiger partial charge in [0.15, 0.2) is 5.82 Å². The molecular weight excluding hydrogens is 514 g/mol. The summed E-state index contributed by atoms with van der Waals surface area (Å²) in [7, 11) is 0. The molecule has 0 spiro atoms. The van der Waals surface area contributed by atoms with Crippen molar-refractivity contribution >= 4 is 29.1 Å². The number of ether oxygens (including phenoxy) is 1. The third-order valence-corrected chi connectivity index (χ3v) is 7.06. The van der Waals surface area contributed by atoms with Crippen LogP contribution in [0.15, 0.2) is 29.0 Å². The summed E-state index contributed by atoms with van der Waals surface area (Å²) in [5, 5.41) is 19.4. The SMILES string of the molecule is Cc1nc(-c2onc(C)c2Nc2cncc(OC3CC(F)(F)C3)n2)ccc1NC(=O)[C@H]1CCCC[C@@H]1C(=O)O. The molecule has 2 aliphatic carbocycles. The number of alkyl halides is 2. The summed E-state index contributed by atoms with van der Waals surface area (Å²) >= 11 is 0. The van der Waals surface area contributed by atoms with E-state index >= 15 is 0 Å². The van der Waals surface area contributed by atoms with Crippen molar-refractivity contribution in [1.82, 2.24) is 20.1 Å². The minimum atomic E-state index is -2.71. The molecule has 2 saturated carbocycles. The van der Waals surface area contributed by atoms with E-state index in [1.54, 1.807) is 26.0 Å². The lowest BCUT2D eigenvalue weighted by Gasteiger charge is -2.34. The maximum atomic E-state index is 13.1. The Bertz CT molecular complexity index is 1390. The van der Waals surface area contributed by atoms with E-state index in [0.29, 0.717) is 52.9 Å². The number of carboxylic acid groups (broad SMARTS) is 1. The highest BCUT2D eigenvalue weighted by Gasteiger charge is 2.47. The first-order valence-corrected chi connectivity index (χ1v) is 12.7. The van der Waals surface area contributed by atoms with Crippen LogP contribution in [-0.2, 0) is 9.59 Å². The van der Waals surface area contributed by atoms with Crippen molar-refractivity contribution in [3.8, 4) is 17.3 Å². The number of hydrogen-bond donors (Lipinski definition) is 3. The molecule has 39 heavy (non-hydrogen) atoms. The van der Waals surface area contributed by atoms with Gasteiger partial charge in [-0.15, -0.1) is 0 Å². The molecule has 1 amide bonds. The summed E-state index contributed by atoms with van der Waals surface area (Å²) in [5.74, 6) is -4.54. The molecule has 3 heterocycles. The second kappa shape index (κ2) is 10.5. The molecule has 0 radical (unpaired) electrons. The summed E-state index contributed by atoms with van der Waals surface area (Å²) in [6, 6.07) is 3.34. The molecular formula is C26H28F2N6O5. The van der Waals surface area contributed by atoms with E-state index in [1.165, 1.54) is 12.4 Å². The molecule has 5 rings (SSSR count). The van der Waals surface area contributed by atoms with Gasteiger partial charge in [-0.1, -0.05) is 18.0 Å². The van der Waals surface area contributed by atoms with Gasteiger partial charge in [-0.2, -0.15) is 4.98 Å². The third-order valence-electron chi connectivity index (χ3n) is 7.06. The molecule has 0 aliphatic heterocycles. The Morgan fingerprint density at radius 1 is 1.08 bits per heavy atom. The second-order valence-electron chi connectivity index (χ2n) is 10.00. The molecule has 11 nitrogen and oxygen atoms in total. The minimum absolute atomic E-state index is 0.119. The van der Waals surface area contributed by atoms with Crippen molar-refractivity contribution < 1.29 is 32.7 Å². The van der Waals surface area contributed by atoms with E-state index in [1.807, 2.05) is 0 Å². The van der Waals surface area contributed by atoms with E-state index in [0.717, 1.165) is 12.8 Å². The highest BCUT2D eigenvalue weighted by molar-refractivity contribution is 5.95. The monoisotopic (exact) mass is 542 g/mol. The molecule has 13 heteroatoms. The van der Waals surface area contributed by atoms with Crippen molar-refractivity contribution in [1.29, 1.82) is 0 Å². The highest BCUT2D eigenvalue weighted by atomic mass is 19.3. The molecule has 206 valence electrons. The van der Waals surface area contributed by atoms with Crippen LogP contribution in [0.4, 0.5) is 26.0 Å². The van der Waals surface area contributed by atoms with Crippen molar-refractivity contribution in [3.63, 3.8) is 0 Å². The van der Waals surface area contributed by atoms with Gasteiger partial charge in [-0.25, -0.2) is 13.8 Å². The number of carbonyl (C=O) groups excluding carboxylic acids is 1. The van der Waals surface area contributed by atoms with E-state index < -0.39 is 29.8 Å². The number of carboxylic acids is 1. The van der Waals surface area contributed by atoms with Crippen molar-refractivity contribution in [2.24, 2.45) is 11.8 Å². The average Bonchev–Trinajstić information content (AvgIpc) is 3.24. The Labute approximate surface area is 222 Å². The molecule has 3 N–H and O–H groups in total. The van der Waals surface area contributed by atoms with Crippen molar-refractivity contribution in [2.75, 3.05) is 10.6 Å². The molecule has 3 aromatic heterocycles. The van der Waals surface area contributed by atoms with Crippen LogP contribution >= 0.6 is 0 Å². The fourth-order valence-electron chi connectivity index (χ4n) is 4.93. The number of nitrogens with zero attached hydrogens (tertiary/aromatic N) is 4. The van der Waals surface area contributed by atoms with E-state index in [4.69, 9.17) is 9.26 Å². The summed E-state index contributed by atoms with van der Waals surface area (Å²) in [6.45, 7) is 3.45. The first-order chi connectivity index (χ1) is 18.6. The summed E-state index contributed by atoms with van der Waals surface area (Å²) in [4.78, 5) is 37.4. The molecule has 0 saturated heterocycles. The summed E-state index contributed by atoms with van der Waals surface area (Å²) in [6.07, 6.45) is 4.10. The number of aromatic nitrogens is 4. The van der Waals surface area contributed by atoms with Crippen LogP contribution < -0.4 is 15.4 Å². The van der Waals surface area contributed by atoms with E-state index in [-0.39, 0.29) is 24.6 Å². The number of pyridine rings is 1. The molecule has 3 aromatic rings. The predicted octanol–water partition coefficient (Wildman–Crippen LogP) is 4.89. The summed E-state index contributed by atoms with van der Waals surface area (Å²) < 4.78 is 37.3. The molecule has 2 atom stereocenters. The topological polar surface area (TPSA) is 152 Å². The zero-order chi connectivity index (χ0) is 27.7. The Morgan fingerprint density at radius 3 is 2.51 bits per heavy atom. The molecule has 2 aliphatic rings. The van der Waals surface area contributed by atoms with Gasteiger partial charge < -0.3 is 25.0 Å². The number of amides is 1. The number of nitrogens with one attached hydrogen (secondary N) is 2. The number of aryl methyl sites for hydroxylation is 2. The Kier molecular flexibility index (Phi) is 7.15. The maximum Gasteiger partial charge on any atom is 0.307 e. The van der Waals surface area contributed by atoms with Crippen molar-refractivity contribution in [2.45, 2.75) is 64.4 Å². The zero-order valence-corrected chi connectivity index (χ0v) is 21.4. The minimum Gasteiger partial charge on any atom is -0.481 e. The van der Waals surface area contributed by atoms with E-state index in [2.05, 4.69) is 30.7 Å². The van der Waals surface area contributed by atoms with Crippen LogP contribution in [-0.4, -0.2) is 49.1 Å². The normalized spacial score (nSPS) is 20.6. The Hall–Kier alpha value is -4.16. The van der Waals surface area contributed by atoms with Crippen molar-refractivity contribution in [3.05, 3.63) is 35.9 Å². The molecule has 0 bridgehead atoms. The van der Waals surface area contributed by atoms with Gasteiger partial charge in [0.25, 0.3) is 5.92 Å². The first kappa shape index (κ1) is 26.4. The van der Waals surface area contributed by atoms with Crippen LogP contribution in [0.25, 0.3) is 11.5 Å². The van der Waals surface area contributed by atoms with Gasteiger partial charge in [0.1, 0.15) is 23.2 Å². The van der Waals surface area contributed by atoms with Gasteiger partial charge in [-0.3, -0.25) is 14.6 Å². The second-order valence-corrected chi connectivity index (χ2v) is 10.00. The average molecular weight is 543 g/mol. The van der Waals surface area contributed by atoms with Gasteiger partial charge in [0, 0.05) is 12.8 Å². The van der Waals surface area contributed by atoms with Gasteiger partial charge in [-0.05, 0) is 38.8 Å². The Morgan fingerprint density at radius 2 is 1.82 bits per heavy atom. The number of rotatable bonds is 8. The first-order valence-electron chi connectivity index (χ1n) is 12.7. The zero-order valence-electron chi connectivity index (χ0n) is 21.4. The summed E-state index contributed by atoms with van der Waals surface area (Å²) in [5.41, 5.74) is 2.42. The molecule has 2 fully saturated rings. The van der Waals surface area contributed by atoms with Gasteiger partial charge >= 0.3 is 5.97 Å². The fourth-order valence-corrected chi connectivity index (χ4v) is 4.93. The van der Waals surface area contributed by atoms with Crippen LogP contribution in [0.1, 0.15) is 49.9 Å².